The largest absolute Gasteiger partial charge is 0.379 e. The molecule has 0 aliphatic carbocycles. The van der Waals surface area contributed by atoms with Gasteiger partial charge in [-0.25, -0.2) is 4.98 Å². The molecular weight excluding hydrogens is 408 g/mol. The normalized spacial score (nSPS) is 15.1. The van der Waals surface area contributed by atoms with E-state index in [0.717, 1.165) is 68.6 Å². The van der Waals surface area contributed by atoms with E-state index in [1.165, 1.54) is 5.69 Å². The number of benzene rings is 1. The van der Waals surface area contributed by atoms with E-state index in [2.05, 4.69) is 46.9 Å². The van der Waals surface area contributed by atoms with Crippen molar-refractivity contribution in [3.63, 3.8) is 0 Å². The Morgan fingerprint density at radius 2 is 1.97 bits per heavy atom. The van der Waals surface area contributed by atoms with Crippen molar-refractivity contribution in [1.29, 1.82) is 0 Å². The van der Waals surface area contributed by atoms with Gasteiger partial charge in [0.1, 0.15) is 0 Å². The van der Waals surface area contributed by atoms with Crippen molar-refractivity contribution in [2.45, 2.75) is 26.7 Å². The molecule has 3 heterocycles. The van der Waals surface area contributed by atoms with Crippen LogP contribution in [0.25, 0.3) is 16.2 Å². The second-order valence-corrected chi connectivity index (χ2v) is 9.39. The number of carbonyl (C=O) groups is 1. The average molecular weight is 441 g/mol. The summed E-state index contributed by atoms with van der Waals surface area (Å²) in [4.78, 5) is 23.1. The SMILES string of the molecule is CC(C)CC(=O)N(CCc1csc2nc(-c3ccccc3)cn12)CCN1CCOCC1. The fourth-order valence-electron chi connectivity index (χ4n) is 3.93. The predicted molar refractivity (Wildman–Crippen MR) is 126 cm³/mol. The third-order valence-electron chi connectivity index (χ3n) is 5.72. The van der Waals surface area contributed by atoms with Crippen LogP contribution >= 0.6 is 11.3 Å². The standard InChI is InChI=1S/C24H32N4O2S/c1-19(2)16-23(29)27(11-10-26-12-14-30-15-13-26)9-8-21-18-31-24-25-22(17-28(21)24)20-6-4-3-5-7-20/h3-7,17-19H,8-16H2,1-2H3. The maximum absolute atomic E-state index is 12.9. The van der Waals surface area contributed by atoms with Gasteiger partial charge >= 0.3 is 0 Å². The van der Waals surface area contributed by atoms with Crippen LogP contribution in [0.3, 0.4) is 0 Å². The number of thiazole rings is 1. The summed E-state index contributed by atoms with van der Waals surface area (Å²) >= 11 is 1.66. The van der Waals surface area contributed by atoms with E-state index in [0.29, 0.717) is 12.3 Å². The lowest BCUT2D eigenvalue weighted by atomic mass is 10.1. The number of fused-ring (bicyclic) bond motifs is 1. The summed E-state index contributed by atoms with van der Waals surface area (Å²) in [6, 6.07) is 10.3. The minimum absolute atomic E-state index is 0.255. The molecule has 1 fully saturated rings. The van der Waals surface area contributed by atoms with E-state index in [-0.39, 0.29) is 5.91 Å². The number of imidazole rings is 1. The molecule has 0 bridgehead atoms. The molecule has 0 saturated carbocycles. The number of aromatic nitrogens is 2. The third-order valence-corrected chi connectivity index (χ3v) is 6.60. The van der Waals surface area contributed by atoms with E-state index < -0.39 is 0 Å². The van der Waals surface area contributed by atoms with Gasteiger partial charge in [-0.3, -0.25) is 14.1 Å². The minimum atomic E-state index is 0.255. The highest BCUT2D eigenvalue weighted by molar-refractivity contribution is 7.15. The van der Waals surface area contributed by atoms with Crippen LogP contribution in [0.5, 0.6) is 0 Å². The topological polar surface area (TPSA) is 50.1 Å². The fourth-order valence-corrected chi connectivity index (χ4v) is 4.84. The van der Waals surface area contributed by atoms with Crippen molar-refractivity contribution >= 4 is 22.2 Å². The molecule has 1 saturated heterocycles. The lowest BCUT2D eigenvalue weighted by molar-refractivity contribution is -0.132. The Bertz CT molecular complexity index is 976. The summed E-state index contributed by atoms with van der Waals surface area (Å²) < 4.78 is 7.63. The molecule has 1 aromatic carbocycles. The van der Waals surface area contributed by atoms with Gasteiger partial charge < -0.3 is 9.64 Å². The van der Waals surface area contributed by atoms with Gasteiger partial charge in [0, 0.05) is 68.4 Å². The number of hydrogen-bond acceptors (Lipinski definition) is 5. The first-order chi connectivity index (χ1) is 15.1. The summed E-state index contributed by atoms with van der Waals surface area (Å²) in [5.41, 5.74) is 3.33. The van der Waals surface area contributed by atoms with E-state index in [4.69, 9.17) is 9.72 Å². The Balaban J connectivity index is 1.43. The van der Waals surface area contributed by atoms with Gasteiger partial charge in [0.15, 0.2) is 4.96 Å². The Kier molecular flexibility index (Phi) is 7.37. The van der Waals surface area contributed by atoms with E-state index in [1.807, 2.05) is 23.1 Å². The van der Waals surface area contributed by atoms with Crippen LogP contribution in [-0.2, 0) is 16.0 Å². The maximum Gasteiger partial charge on any atom is 0.222 e. The van der Waals surface area contributed by atoms with Crippen LogP contribution in [0.1, 0.15) is 26.0 Å². The summed E-state index contributed by atoms with van der Waals surface area (Å²) in [6.45, 7) is 10.1. The molecule has 0 N–H and O–H groups in total. The van der Waals surface area contributed by atoms with E-state index in [9.17, 15) is 4.79 Å². The number of morpholine rings is 1. The number of carbonyl (C=O) groups excluding carboxylic acids is 1. The molecule has 7 heteroatoms. The molecule has 1 amide bonds. The number of ether oxygens (including phenoxy) is 1. The molecule has 0 atom stereocenters. The Labute approximate surface area is 188 Å². The zero-order valence-corrected chi connectivity index (χ0v) is 19.3. The number of hydrogen-bond donors (Lipinski definition) is 0. The molecule has 0 spiro atoms. The summed E-state index contributed by atoms with van der Waals surface area (Å²) in [7, 11) is 0. The average Bonchev–Trinajstić information content (AvgIpc) is 3.36. The molecular formula is C24H32N4O2S. The molecule has 0 radical (unpaired) electrons. The Morgan fingerprint density at radius 3 is 2.71 bits per heavy atom. The van der Waals surface area contributed by atoms with Crippen LogP contribution < -0.4 is 0 Å². The molecule has 1 aliphatic rings. The molecule has 4 rings (SSSR count). The number of amides is 1. The smallest absolute Gasteiger partial charge is 0.222 e. The third kappa shape index (κ3) is 5.73. The molecule has 2 aromatic heterocycles. The van der Waals surface area contributed by atoms with Crippen molar-refractivity contribution in [1.82, 2.24) is 19.2 Å². The van der Waals surface area contributed by atoms with Gasteiger partial charge in [0.2, 0.25) is 5.91 Å². The Hall–Kier alpha value is -2.22. The van der Waals surface area contributed by atoms with Crippen LogP contribution in [-0.4, -0.2) is 71.0 Å². The van der Waals surface area contributed by atoms with Gasteiger partial charge in [0.25, 0.3) is 0 Å². The monoisotopic (exact) mass is 440 g/mol. The highest BCUT2D eigenvalue weighted by atomic mass is 32.1. The second-order valence-electron chi connectivity index (χ2n) is 8.55. The second kappa shape index (κ2) is 10.4. The molecule has 0 unspecified atom stereocenters. The lowest BCUT2D eigenvalue weighted by Crippen LogP contribution is -2.43. The molecule has 31 heavy (non-hydrogen) atoms. The van der Waals surface area contributed by atoms with E-state index >= 15 is 0 Å². The van der Waals surface area contributed by atoms with Crippen molar-refractivity contribution in [3.8, 4) is 11.3 Å². The van der Waals surface area contributed by atoms with Crippen LogP contribution in [0, 0.1) is 5.92 Å². The first kappa shape index (κ1) is 22.0. The number of nitrogens with zero attached hydrogens (tertiary/aromatic N) is 4. The summed E-state index contributed by atoms with van der Waals surface area (Å²) in [6.07, 6.45) is 3.55. The molecule has 3 aromatic rings. The van der Waals surface area contributed by atoms with Crippen LogP contribution in [0.2, 0.25) is 0 Å². The van der Waals surface area contributed by atoms with Gasteiger partial charge in [-0.2, -0.15) is 0 Å². The highest BCUT2D eigenvalue weighted by Crippen LogP contribution is 2.24. The first-order valence-corrected chi connectivity index (χ1v) is 12.1. The highest BCUT2D eigenvalue weighted by Gasteiger charge is 2.19. The van der Waals surface area contributed by atoms with Crippen LogP contribution in [0.4, 0.5) is 0 Å². The van der Waals surface area contributed by atoms with Crippen molar-refractivity contribution in [3.05, 3.63) is 47.6 Å². The van der Waals surface area contributed by atoms with Gasteiger partial charge in [-0.1, -0.05) is 44.2 Å². The van der Waals surface area contributed by atoms with Crippen molar-refractivity contribution < 1.29 is 9.53 Å². The van der Waals surface area contributed by atoms with Gasteiger partial charge in [-0.05, 0) is 5.92 Å². The fraction of sp³-hybridized carbons (Fsp3) is 0.500. The van der Waals surface area contributed by atoms with E-state index in [1.54, 1.807) is 11.3 Å². The minimum Gasteiger partial charge on any atom is -0.379 e. The number of rotatable bonds is 9. The summed E-state index contributed by atoms with van der Waals surface area (Å²) in [5, 5.41) is 2.17. The zero-order chi connectivity index (χ0) is 21.6. The quantitative estimate of drug-likeness (QED) is 0.508. The first-order valence-electron chi connectivity index (χ1n) is 11.2. The van der Waals surface area contributed by atoms with Crippen LogP contribution in [0.15, 0.2) is 41.9 Å². The van der Waals surface area contributed by atoms with Gasteiger partial charge in [0.05, 0.1) is 18.9 Å². The van der Waals surface area contributed by atoms with Crippen molar-refractivity contribution in [2.24, 2.45) is 5.92 Å². The lowest BCUT2D eigenvalue weighted by Gasteiger charge is -2.30. The molecule has 1 aliphatic heterocycles. The predicted octanol–water partition coefficient (Wildman–Crippen LogP) is 3.81. The summed E-state index contributed by atoms with van der Waals surface area (Å²) in [5.74, 6) is 0.624. The maximum atomic E-state index is 12.9. The molecule has 166 valence electrons. The molecule has 6 nitrogen and oxygen atoms in total. The zero-order valence-electron chi connectivity index (χ0n) is 18.5. The van der Waals surface area contributed by atoms with Gasteiger partial charge in [-0.15, -0.1) is 11.3 Å². The van der Waals surface area contributed by atoms with Crippen molar-refractivity contribution in [2.75, 3.05) is 45.9 Å². The Morgan fingerprint density at radius 1 is 1.19 bits per heavy atom.